The molecule has 178 valence electrons. The van der Waals surface area contributed by atoms with Gasteiger partial charge in [0.15, 0.2) is 2.14 Å². The van der Waals surface area contributed by atoms with Crippen molar-refractivity contribution in [1.82, 2.24) is 0 Å². The van der Waals surface area contributed by atoms with Crippen molar-refractivity contribution in [3.05, 3.63) is 54.6 Å². The molecule has 0 saturated heterocycles. The molecule has 2 rings (SSSR count). The molecule has 0 N–H and O–H groups in total. The van der Waals surface area contributed by atoms with Crippen LogP contribution in [0.3, 0.4) is 0 Å². The number of rotatable bonds is 9. The van der Waals surface area contributed by atoms with E-state index in [1.807, 2.05) is 63.2 Å². The van der Waals surface area contributed by atoms with Crippen LogP contribution in [0.25, 0.3) is 11.1 Å². The molecule has 0 saturated carbocycles. The molecule has 0 bridgehead atoms. The number of hydrogen-bond donors (Lipinski definition) is 0. The lowest BCUT2D eigenvalue weighted by atomic mass is 10.1. The zero-order valence-corrected chi connectivity index (χ0v) is 28.7. The zero-order valence-electron chi connectivity index (χ0n) is 17.6. The fourth-order valence-electron chi connectivity index (χ4n) is 2.66. The van der Waals surface area contributed by atoms with Gasteiger partial charge in [-0.15, -0.1) is 0 Å². The number of ether oxygens (including phenoxy) is 3. The molecular weight excluding hydrogens is 872 g/mol. The average molecular weight is 895 g/mol. The Morgan fingerprint density at radius 1 is 0.844 bits per heavy atom. The summed E-state index contributed by atoms with van der Waals surface area (Å²) in [5.74, 6) is 0.603. The highest BCUT2D eigenvalue weighted by Gasteiger charge is 2.65. The molecule has 0 aliphatic carbocycles. The van der Waals surface area contributed by atoms with Crippen molar-refractivity contribution in [1.29, 1.82) is 0 Å². The minimum absolute atomic E-state index is 0.0560. The fourth-order valence-corrected chi connectivity index (χ4v) is 6.18. The summed E-state index contributed by atoms with van der Waals surface area (Å²) in [4.78, 5) is 0.0560. The second-order valence-corrected chi connectivity index (χ2v) is 18.8. The van der Waals surface area contributed by atoms with E-state index in [1.54, 1.807) is 0 Å². The highest BCUT2D eigenvalue weighted by Crippen LogP contribution is 2.59. The molecule has 3 atom stereocenters. The zero-order chi connectivity index (χ0) is 24.2. The molecule has 2 aromatic carbocycles. The summed E-state index contributed by atoms with van der Waals surface area (Å²) in [6.45, 7) is 6.20. The van der Waals surface area contributed by atoms with Crippen molar-refractivity contribution in [2.45, 2.75) is 42.5 Å². The van der Waals surface area contributed by atoms with E-state index < -0.39 is 17.0 Å². The van der Waals surface area contributed by atoms with E-state index >= 15 is 0 Å². The van der Waals surface area contributed by atoms with Crippen molar-refractivity contribution in [2.75, 3.05) is 11.9 Å². The van der Waals surface area contributed by atoms with E-state index in [4.69, 9.17) is 14.2 Å². The topological polar surface area (TPSA) is 27.7 Å². The van der Waals surface area contributed by atoms with Gasteiger partial charge in [-0.3, -0.25) is 0 Å². The standard InChI is InChI=1S/C22H23Br7O3/c1-19(2,3)32-20(25,21(26,27)28)22(29,30-14-17(24)13-23)31-18-11-7-10-16(12-18)15-8-5-4-6-9-15/h4-12,17H,13-14H2,1-3H3. The Hall–Kier alpha value is 1.52. The monoisotopic (exact) mass is 888 g/mol. The summed E-state index contributed by atoms with van der Waals surface area (Å²) in [6, 6.07) is 17.9. The molecule has 3 nitrogen and oxygen atoms in total. The summed E-state index contributed by atoms with van der Waals surface area (Å²) in [7, 11) is 0. The molecule has 3 unspecified atom stereocenters. The van der Waals surface area contributed by atoms with E-state index in [0.29, 0.717) is 17.7 Å². The molecule has 0 aromatic heterocycles. The normalized spacial score (nSPS) is 17.3. The highest BCUT2D eigenvalue weighted by molar-refractivity contribution is 9.40. The lowest BCUT2D eigenvalue weighted by molar-refractivity contribution is -0.219. The van der Waals surface area contributed by atoms with Crippen LogP contribution >= 0.6 is 112 Å². The third-order valence-electron chi connectivity index (χ3n) is 4.00. The van der Waals surface area contributed by atoms with E-state index in [-0.39, 0.29) is 4.83 Å². The molecule has 0 radical (unpaired) electrons. The van der Waals surface area contributed by atoms with Gasteiger partial charge in [-0.05, 0) is 75.9 Å². The van der Waals surface area contributed by atoms with Gasteiger partial charge in [0.2, 0.25) is 4.51 Å². The number of halogens is 7. The average Bonchev–Trinajstić information content (AvgIpc) is 2.70. The Bertz CT molecular complexity index is 870. The van der Waals surface area contributed by atoms with Crippen LogP contribution in [-0.2, 0) is 9.47 Å². The first-order chi connectivity index (χ1) is 14.7. The lowest BCUT2D eigenvalue weighted by Gasteiger charge is -2.48. The molecule has 0 amide bonds. The van der Waals surface area contributed by atoms with Crippen LogP contribution < -0.4 is 4.74 Å². The third kappa shape index (κ3) is 8.02. The molecule has 0 aliphatic heterocycles. The predicted octanol–water partition coefficient (Wildman–Crippen LogP) is 9.70. The Morgan fingerprint density at radius 2 is 1.44 bits per heavy atom. The Morgan fingerprint density at radius 3 is 1.97 bits per heavy atom. The third-order valence-corrected chi connectivity index (χ3v) is 12.3. The summed E-state index contributed by atoms with van der Waals surface area (Å²) in [5, 5.41) is 0.705. The van der Waals surface area contributed by atoms with Crippen LogP contribution in [0.2, 0.25) is 0 Å². The van der Waals surface area contributed by atoms with Crippen molar-refractivity contribution in [3.63, 3.8) is 0 Å². The van der Waals surface area contributed by atoms with Crippen LogP contribution in [-0.4, -0.2) is 33.7 Å². The molecule has 0 spiro atoms. The summed E-state index contributed by atoms with van der Waals surface area (Å²) in [6.07, 6.45) is 0. The maximum atomic E-state index is 6.49. The molecular formula is C22H23Br7O3. The minimum atomic E-state index is -1.46. The summed E-state index contributed by atoms with van der Waals surface area (Å²) in [5.41, 5.74) is 1.56. The maximum absolute atomic E-state index is 6.49. The lowest BCUT2D eigenvalue weighted by Crippen LogP contribution is -2.62. The molecule has 0 heterocycles. The first kappa shape index (κ1) is 29.7. The SMILES string of the molecule is CC(C)(C)OC(Br)(C(Br)(Br)Br)C(Br)(OCC(Br)CBr)Oc1cccc(-c2ccccc2)c1. The van der Waals surface area contributed by atoms with E-state index in [9.17, 15) is 0 Å². The first-order valence-electron chi connectivity index (χ1n) is 9.54. The number of alkyl halides is 7. The van der Waals surface area contributed by atoms with Crippen molar-refractivity contribution >= 4 is 112 Å². The van der Waals surface area contributed by atoms with Gasteiger partial charge in [0.1, 0.15) is 5.75 Å². The molecule has 10 heteroatoms. The Balaban J connectivity index is 2.52. The van der Waals surface area contributed by atoms with Gasteiger partial charge >= 0.3 is 4.70 Å². The molecule has 32 heavy (non-hydrogen) atoms. The van der Waals surface area contributed by atoms with Crippen molar-refractivity contribution < 1.29 is 14.2 Å². The second kappa shape index (κ2) is 12.2. The summed E-state index contributed by atoms with van der Waals surface area (Å²) >= 11 is 25.5. The fraction of sp³-hybridized carbons (Fsp3) is 0.455. The maximum Gasteiger partial charge on any atom is 0.311 e. The van der Waals surface area contributed by atoms with Crippen LogP contribution in [0.4, 0.5) is 0 Å². The van der Waals surface area contributed by atoms with E-state index in [1.165, 1.54) is 0 Å². The van der Waals surface area contributed by atoms with Gasteiger partial charge in [-0.2, -0.15) is 0 Å². The predicted molar refractivity (Wildman–Crippen MR) is 159 cm³/mol. The van der Waals surface area contributed by atoms with Gasteiger partial charge in [-0.1, -0.05) is 122 Å². The Kier molecular flexibility index (Phi) is 11.3. The van der Waals surface area contributed by atoms with Crippen molar-refractivity contribution in [3.8, 4) is 16.9 Å². The van der Waals surface area contributed by atoms with Gasteiger partial charge in [0.05, 0.1) is 12.2 Å². The number of benzene rings is 2. The van der Waals surface area contributed by atoms with Crippen LogP contribution in [0.5, 0.6) is 5.75 Å². The first-order valence-corrected chi connectivity index (χ1v) is 15.5. The summed E-state index contributed by atoms with van der Waals surface area (Å²) < 4.78 is 15.6. The van der Waals surface area contributed by atoms with E-state index in [2.05, 4.69) is 124 Å². The minimum Gasteiger partial charge on any atom is -0.449 e. The van der Waals surface area contributed by atoms with Gasteiger partial charge < -0.3 is 14.2 Å². The molecule has 0 aliphatic rings. The molecule has 0 fully saturated rings. The quantitative estimate of drug-likeness (QED) is 0.186. The van der Waals surface area contributed by atoms with Crippen LogP contribution in [0.15, 0.2) is 54.6 Å². The second-order valence-electron chi connectivity index (χ2n) is 7.90. The van der Waals surface area contributed by atoms with Crippen LogP contribution in [0, 0.1) is 0 Å². The number of hydrogen-bond acceptors (Lipinski definition) is 3. The smallest absolute Gasteiger partial charge is 0.311 e. The molecule has 2 aromatic rings. The van der Waals surface area contributed by atoms with Gasteiger partial charge in [0.25, 0.3) is 0 Å². The van der Waals surface area contributed by atoms with Crippen molar-refractivity contribution in [2.24, 2.45) is 0 Å². The van der Waals surface area contributed by atoms with Gasteiger partial charge in [0, 0.05) is 10.2 Å². The van der Waals surface area contributed by atoms with Gasteiger partial charge in [-0.25, -0.2) is 0 Å². The Labute approximate surface area is 249 Å². The van der Waals surface area contributed by atoms with E-state index in [0.717, 1.165) is 11.1 Å². The largest absolute Gasteiger partial charge is 0.449 e. The van der Waals surface area contributed by atoms with Crippen LogP contribution in [0.1, 0.15) is 20.8 Å². The highest BCUT2D eigenvalue weighted by atomic mass is 80.0.